The molecule has 0 aromatic carbocycles. The first-order valence-corrected chi connectivity index (χ1v) is 7.39. The lowest BCUT2D eigenvalue weighted by Crippen LogP contribution is -2.44. The zero-order chi connectivity index (χ0) is 16.0. The molecule has 2 atom stereocenters. The molecule has 1 aromatic heterocycles. The number of carbonyl (C=O) groups is 2. The van der Waals surface area contributed by atoms with Gasteiger partial charge in [0.05, 0.1) is 0 Å². The molecule has 2 fully saturated rings. The molecule has 2 aliphatic rings. The average molecular weight is 301 g/mol. The summed E-state index contributed by atoms with van der Waals surface area (Å²) in [5.41, 5.74) is 4.72. The quantitative estimate of drug-likeness (QED) is 0.301. The molecule has 2 saturated carbocycles. The lowest BCUT2D eigenvalue weighted by Gasteiger charge is -2.32. The van der Waals surface area contributed by atoms with Gasteiger partial charge in [0.1, 0.15) is 11.1 Å². The Bertz CT molecular complexity index is 654. The number of Topliss-reactive ketones (excluding diaryl/α,β-unsaturated/α-hetero) is 1. The van der Waals surface area contributed by atoms with E-state index >= 15 is 0 Å². The summed E-state index contributed by atoms with van der Waals surface area (Å²) in [5.74, 6) is -0.375. The van der Waals surface area contributed by atoms with Crippen LogP contribution in [0.2, 0.25) is 0 Å². The number of nitrogens with zero attached hydrogens (tertiary/aromatic N) is 2. The van der Waals surface area contributed by atoms with Gasteiger partial charge in [-0.05, 0) is 36.3 Å². The highest BCUT2D eigenvalue weighted by Gasteiger charge is 2.69. The van der Waals surface area contributed by atoms with Gasteiger partial charge in [0.25, 0.3) is 0 Å². The second kappa shape index (κ2) is 4.90. The highest BCUT2D eigenvalue weighted by Crippen LogP contribution is 2.64. The third kappa shape index (κ3) is 1.86. The van der Waals surface area contributed by atoms with Crippen LogP contribution < -0.4 is 5.73 Å². The van der Waals surface area contributed by atoms with Gasteiger partial charge in [0.2, 0.25) is 0 Å². The van der Waals surface area contributed by atoms with Crippen LogP contribution in [-0.4, -0.2) is 22.6 Å². The van der Waals surface area contributed by atoms with Gasteiger partial charge >= 0.3 is 5.97 Å². The van der Waals surface area contributed by atoms with Crippen LogP contribution >= 0.6 is 0 Å². The Balaban J connectivity index is 1.82. The lowest BCUT2D eigenvalue weighted by atomic mass is 9.69. The molecule has 0 amide bonds. The van der Waals surface area contributed by atoms with E-state index in [-0.39, 0.29) is 17.5 Å². The van der Waals surface area contributed by atoms with E-state index in [4.69, 9.17) is 10.6 Å². The van der Waals surface area contributed by atoms with Gasteiger partial charge in [-0.25, -0.2) is 4.79 Å². The summed E-state index contributed by atoms with van der Waals surface area (Å²) in [6.07, 6.45) is 3.42. The summed E-state index contributed by atoms with van der Waals surface area (Å²) in [5, 5.41) is 3.68. The average Bonchev–Trinajstić information content (AvgIpc) is 2.88. The predicted octanol–water partition coefficient (Wildman–Crippen LogP) is 1.64. The van der Waals surface area contributed by atoms with Crippen LogP contribution in [0.3, 0.4) is 0 Å². The van der Waals surface area contributed by atoms with Crippen molar-refractivity contribution in [1.29, 1.82) is 0 Å². The highest BCUT2D eigenvalue weighted by molar-refractivity contribution is 6.07. The van der Waals surface area contributed by atoms with Crippen molar-refractivity contribution < 1.29 is 14.4 Å². The van der Waals surface area contributed by atoms with Crippen LogP contribution in [0.25, 0.3) is 0 Å². The van der Waals surface area contributed by atoms with Crippen molar-refractivity contribution in [2.75, 3.05) is 0 Å². The summed E-state index contributed by atoms with van der Waals surface area (Å²) < 4.78 is 0. The number of hydrogen-bond acceptors (Lipinski definition) is 5. The summed E-state index contributed by atoms with van der Waals surface area (Å²) in [7, 11) is 0. The molecule has 2 aliphatic carbocycles. The van der Waals surface area contributed by atoms with Crippen LogP contribution in [0.4, 0.5) is 0 Å². The number of amidine groups is 1. The molecule has 1 aromatic rings. The predicted molar refractivity (Wildman–Crippen MR) is 79.6 cm³/mol. The summed E-state index contributed by atoms with van der Waals surface area (Å²) >= 11 is 0. The van der Waals surface area contributed by atoms with Crippen LogP contribution in [0, 0.1) is 16.7 Å². The Morgan fingerprint density at radius 1 is 1.45 bits per heavy atom. The minimum atomic E-state index is -1.08. The standard InChI is InChI=1S/C16H19N3O3/c1-15(2)10-6-7-16(15,12(20)9-10)14(21)22-19-13(17)11-5-3-4-8-18-11/h3-5,8,10H,6-7,9H2,1-2H3,(H2,17,19)/t10-,16+/m1/s1. The molecule has 2 N–H and O–H groups in total. The number of fused-ring (bicyclic) bond motifs is 2. The number of hydrogen-bond donors (Lipinski definition) is 1. The molecular weight excluding hydrogens is 282 g/mol. The van der Waals surface area contributed by atoms with Crippen LogP contribution in [0.15, 0.2) is 29.6 Å². The zero-order valence-corrected chi connectivity index (χ0v) is 12.7. The van der Waals surface area contributed by atoms with Gasteiger partial charge in [-0.15, -0.1) is 0 Å². The molecule has 0 saturated heterocycles. The number of aromatic nitrogens is 1. The van der Waals surface area contributed by atoms with Crippen molar-refractivity contribution in [2.24, 2.45) is 27.6 Å². The molecule has 22 heavy (non-hydrogen) atoms. The normalized spacial score (nSPS) is 29.6. The van der Waals surface area contributed by atoms with Crippen molar-refractivity contribution >= 4 is 17.6 Å². The topological polar surface area (TPSA) is 94.6 Å². The minimum absolute atomic E-state index is 0.0168. The molecule has 0 spiro atoms. The maximum absolute atomic E-state index is 12.6. The molecule has 2 bridgehead atoms. The molecule has 0 aliphatic heterocycles. The SMILES string of the molecule is CC1(C)[C@@H]2CC[C@@]1(C(=O)O/N=C(\N)c1ccccn1)C(=O)C2. The second-order valence-corrected chi connectivity index (χ2v) is 6.56. The van der Waals surface area contributed by atoms with E-state index < -0.39 is 16.8 Å². The highest BCUT2D eigenvalue weighted by atomic mass is 16.7. The van der Waals surface area contributed by atoms with Crippen molar-refractivity contribution in [3.8, 4) is 0 Å². The fourth-order valence-electron chi connectivity index (χ4n) is 3.88. The molecule has 6 nitrogen and oxygen atoms in total. The number of nitrogens with two attached hydrogens (primary N) is 1. The van der Waals surface area contributed by atoms with Crippen molar-refractivity contribution in [2.45, 2.75) is 33.1 Å². The number of oxime groups is 1. The maximum atomic E-state index is 12.6. The first-order chi connectivity index (χ1) is 10.4. The third-order valence-electron chi connectivity index (χ3n) is 5.40. The first kappa shape index (κ1) is 14.7. The molecule has 3 rings (SSSR count). The van der Waals surface area contributed by atoms with E-state index in [1.807, 2.05) is 13.8 Å². The summed E-state index contributed by atoms with van der Waals surface area (Å²) in [4.78, 5) is 34.0. The van der Waals surface area contributed by atoms with Crippen LogP contribution in [0.1, 0.15) is 38.8 Å². The first-order valence-electron chi connectivity index (χ1n) is 7.39. The second-order valence-electron chi connectivity index (χ2n) is 6.56. The molecule has 0 radical (unpaired) electrons. The fourth-order valence-corrected chi connectivity index (χ4v) is 3.88. The molecule has 6 heteroatoms. The Morgan fingerprint density at radius 3 is 2.77 bits per heavy atom. The lowest BCUT2D eigenvalue weighted by molar-refractivity contribution is -0.164. The number of ketones is 1. The van der Waals surface area contributed by atoms with E-state index in [1.165, 1.54) is 0 Å². The largest absolute Gasteiger partial charge is 0.379 e. The number of carbonyl (C=O) groups excluding carboxylic acids is 2. The smallest absolute Gasteiger partial charge is 0.349 e. The van der Waals surface area contributed by atoms with Gasteiger partial charge in [-0.2, -0.15) is 0 Å². The van der Waals surface area contributed by atoms with Crippen LogP contribution in [0.5, 0.6) is 0 Å². The Morgan fingerprint density at radius 2 is 2.23 bits per heavy atom. The van der Waals surface area contributed by atoms with Gasteiger partial charge in [-0.3, -0.25) is 9.78 Å². The van der Waals surface area contributed by atoms with Gasteiger partial charge in [0, 0.05) is 12.6 Å². The van der Waals surface area contributed by atoms with Crippen molar-refractivity contribution in [1.82, 2.24) is 4.98 Å². The number of rotatable bonds is 3. The van der Waals surface area contributed by atoms with Crippen molar-refractivity contribution in [3.63, 3.8) is 0 Å². The van der Waals surface area contributed by atoms with E-state index in [2.05, 4.69) is 10.1 Å². The fraction of sp³-hybridized carbons (Fsp3) is 0.500. The number of pyridine rings is 1. The molecule has 1 heterocycles. The third-order valence-corrected chi connectivity index (χ3v) is 5.40. The summed E-state index contributed by atoms with van der Waals surface area (Å²) in [6.45, 7) is 3.92. The van der Waals surface area contributed by atoms with E-state index in [0.717, 1.165) is 6.42 Å². The van der Waals surface area contributed by atoms with Crippen molar-refractivity contribution in [3.05, 3.63) is 30.1 Å². The maximum Gasteiger partial charge on any atom is 0.349 e. The monoisotopic (exact) mass is 301 g/mol. The Labute approximate surface area is 128 Å². The summed E-state index contributed by atoms with van der Waals surface area (Å²) in [6, 6.07) is 5.18. The minimum Gasteiger partial charge on any atom is -0.379 e. The zero-order valence-electron chi connectivity index (χ0n) is 12.7. The van der Waals surface area contributed by atoms with Gasteiger partial charge in [0.15, 0.2) is 11.6 Å². The molecular formula is C16H19N3O3. The van der Waals surface area contributed by atoms with Gasteiger partial charge in [-0.1, -0.05) is 25.1 Å². The Hall–Kier alpha value is -2.24. The Kier molecular flexibility index (Phi) is 3.27. The molecule has 116 valence electrons. The van der Waals surface area contributed by atoms with E-state index in [0.29, 0.717) is 18.5 Å². The molecule has 0 unspecified atom stereocenters. The van der Waals surface area contributed by atoms with E-state index in [1.54, 1.807) is 24.4 Å². The van der Waals surface area contributed by atoms with E-state index in [9.17, 15) is 9.59 Å². The van der Waals surface area contributed by atoms with Crippen LogP contribution in [-0.2, 0) is 14.4 Å². The van der Waals surface area contributed by atoms with Gasteiger partial charge < -0.3 is 10.6 Å².